The van der Waals surface area contributed by atoms with Crippen LogP contribution in [0.5, 0.6) is 0 Å². The molecule has 0 bridgehead atoms. The number of carbonyl (C=O) groups is 3. The SMILES string of the molecule is Cc1ccc(-c2nc(CC(=O)NCCN3C(=O)S/C(=C\c4ccc(F)cc4)C3=O)cs2)o1. The summed E-state index contributed by atoms with van der Waals surface area (Å²) in [7, 11) is 0. The van der Waals surface area contributed by atoms with Crippen LogP contribution in [0.4, 0.5) is 9.18 Å². The molecule has 32 heavy (non-hydrogen) atoms. The highest BCUT2D eigenvalue weighted by Crippen LogP contribution is 2.32. The van der Waals surface area contributed by atoms with Crippen molar-refractivity contribution in [1.29, 1.82) is 0 Å². The van der Waals surface area contributed by atoms with Gasteiger partial charge in [0.25, 0.3) is 11.1 Å². The lowest BCUT2D eigenvalue weighted by molar-refractivity contribution is -0.124. The first-order valence-corrected chi connectivity index (χ1v) is 11.4. The van der Waals surface area contributed by atoms with E-state index in [2.05, 4.69) is 10.3 Å². The Bertz CT molecular complexity index is 1200. The van der Waals surface area contributed by atoms with Crippen LogP contribution in [0, 0.1) is 12.7 Å². The highest BCUT2D eigenvalue weighted by atomic mass is 32.2. The molecule has 1 aliphatic heterocycles. The number of furan rings is 1. The molecule has 0 radical (unpaired) electrons. The first-order valence-electron chi connectivity index (χ1n) is 9.68. The Kier molecular flexibility index (Phi) is 6.52. The Morgan fingerprint density at radius 2 is 2.00 bits per heavy atom. The molecule has 0 saturated carbocycles. The lowest BCUT2D eigenvalue weighted by atomic mass is 10.2. The first-order chi connectivity index (χ1) is 15.4. The number of hydrogen-bond acceptors (Lipinski definition) is 7. The summed E-state index contributed by atoms with van der Waals surface area (Å²) < 4.78 is 18.6. The van der Waals surface area contributed by atoms with Crippen molar-refractivity contribution in [1.82, 2.24) is 15.2 Å². The van der Waals surface area contributed by atoms with Crippen LogP contribution in [0.2, 0.25) is 0 Å². The van der Waals surface area contributed by atoms with Crippen molar-refractivity contribution in [2.45, 2.75) is 13.3 Å². The average molecular weight is 472 g/mol. The molecule has 164 valence electrons. The molecule has 3 amide bonds. The molecule has 0 atom stereocenters. The van der Waals surface area contributed by atoms with Gasteiger partial charge in [0.15, 0.2) is 10.8 Å². The molecule has 1 aliphatic rings. The standard InChI is InChI=1S/C22H18FN3O4S2/c1-13-2-7-17(30-13)20-25-16(12-31-20)11-19(27)24-8-9-26-21(28)18(32-22(26)29)10-14-3-5-15(23)6-4-14/h2-7,10,12H,8-9,11H2,1H3,(H,24,27)/b18-10-. The maximum absolute atomic E-state index is 13.0. The normalized spacial score (nSPS) is 15.1. The molecule has 10 heteroatoms. The van der Waals surface area contributed by atoms with E-state index in [0.29, 0.717) is 22.0 Å². The van der Waals surface area contributed by atoms with Gasteiger partial charge >= 0.3 is 0 Å². The maximum Gasteiger partial charge on any atom is 0.293 e. The number of thioether (sulfide) groups is 1. The number of nitrogens with one attached hydrogen (secondary N) is 1. The fourth-order valence-electron chi connectivity index (χ4n) is 2.99. The number of hydrogen-bond donors (Lipinski definition) is 1. The van der Waals surface area contributed by atoms with Crippen LogP contribution >= 0.6 is 23.1 Å². The zero-order valence-electron chi connectivity index (χ0n) is 17.0. The summed E-state index contributed by atoms with van der Waals surface area (Å²) in [5.74, 6) is 0.375. The summed E-state index contributed by atoms with van der Waals surface area (Å²) in [5, 5.41) is 4.80. The molecular weight excluding hydrogens is 453 g/mol. The molecule has 3 heterocycles. The quantitative estimate of drug-likeness (QED) is 0.518. The Morgan fingerprint density at radius 3 is 2.72 bits per heavy atom. The highest BCUT2D eigenvalue weighted by molar-refractivity contribution is 8.18. The van der Waals surface area contributed by atoms with Crippen LogP contribution in [0.1, 0.15) is 17.0 Å². The molecule has 0 spiro atoms. The third-order valence-corrected chi connectivity index (χ3v) is 6.36. The molecule has 0 unspecified atom stereocenters. The van der Waals surface area contributed by atoms with E-state index in [0.717, 1.165) is 22.4 Å². The minimum Gasteiger partial charge on any atom is -0.459 e. The predicted octanol–water partition coefficient (Wildman–Crippen LogP) is 4.25. The summed E-state index contributed by atoms with van der Waals surface area (Å²) in [5.41, 5.74) is 1.24. The van der Waals surface area contributed by atoms with E-state index < -0.39 is 11.1 Å². The number of aryl methyl sites for hydroxylation is 1. The molecule has 0 aliphatic carbocycles. The monoisotopic (exact) mass is 471 g/mol. The Hall–Kier alpha value is -3.24. The molecule has 7 nitrogen and oxygen atoms in total. The van der Waals surface area contributed by atoms with E-state index >= 15 is 0 Å². The molecular formula is C22H18FN3O4S2. The second-order valence-corrected chi connectivity index (χ2v) is 8.82. The number of thiazole rings is 1. The fourth-order valence-corrected chi connectivity index (χ4v) is 4.63. The lowest BCUT2D eigenvalue weighted by Gasteiger charge is -2.12. The molecule has 1 aromatic carbocycles. The zero-order valence-corrected chi connectivity index (χ0v) is 18.6. The van der Waals surface area contributed by atoms with Gasteiger partial charge in [0, 0.05) is 18.5 Å². The van der Waals surface area contributed by atoms with Crippen LogP contribution in [0.25, 0.3) is 16.8 Å². The smallest absolute Gasteiger partial charge is 0.293 e. The largest absolute Gasteiger partial charge is 0.459 e. The molecule has 1 saturated heterocycles. The molecule has 1 fully saturated rings. The van der Waals surface area contributed by atoms with E-state index in [4.69, 9.17) is 4.42 Å². The van der Waals surface area contributed by atoms with Crippen molar-refractivity contribution in [3.63, 3.8) is 0 Å². The minimum atomic E-state index is -0.434. The first kappa shape index (κ1) is 22.0. The van der Waals surface area contributed by atoms with E-state index in [9.17, 15) is 18.8 Å². The van der Waals surface area contributed by atoms with Crippen LogP contribution < -0.4 is 5.32 Å². The number of imide groups is 1. The van der Waals surface area contributed by atoms with Gasteiger partial charge in [0.1, 0.15) is 11.6 Å². The average Bonchev–Trinajstić information content (AvgIpc) is 3.46. The van der Waals surface area contributed by atoms with Crippen molar-refractivity contribution >= 4 is 46.2 Å². The summed E-state index contributed by atoms with van der Waals surface area (Å²) in [4.78, 5) is 42.7. The van der Waals surface area contributed by atoms with Crippen LogP contribution in [0.15, 0.2) is 51.1 Å². The van der Waals surface area contributed by atoms with Gasteiger partial charge in [-0.3, -0.25) is 19.3 Å². The van der Waals surface area contributed by atoms with Gasteiger partial charge in [-0.25, -0.2) is 9.37 Å². The van der Waals surface area contributed by atoms with Crippen LogP contribution in [0.3, 0.4) is 0 Å². The van der Waals surface area contributed by atoms with Gasteiger partial charge in [-0.15, -0.1) is 11.3 Å². The van der Waals surface area contributed by atoms with E-state index in [1.807, 2.05) is 19.1 Å². The van der Waals surface area contributed by atoms with Crippen molar-refractivity contribution < 1.29 is 23.2 Å². The second kappa shape index (κ2) is 9.49. The summed E-state index contributed by atoms with van der Waals surface area (Å²) in [6.45, 7) is 2.04. The number of amides is 3. The molecule has 2 aromatic heterocycles. The maximum atomic E-state index is 13.0. The van der Waals surface area contributed by atoms with Gasteiger partial charge in [0.2, 0.25) is 5.91 Å². The Balaban J connectivity index is 1.28. The van der Waals surface area contributed by atoms with Crippen LogP contribution in [-0.4, -0.2) is 40.0 Å². The van der Waals surface area contributed by atoms with Crippen molar-refractivity contribution in [2.75, 3.05) is 13.1 Å². The van der Waals surface area contributed by atoms with E-state index in [1.54, 1.807) is 11.5 Å². The minimum absolute atomic E-state index is 0.0607. The second-order valence-electron chi connectivity index (χ2n) is 6.97. The van der Waals surface area contributed by atoms with Crippen LogP contribution in [-0.2, 0) is 16.0 Å². The third kappa shape index (κ3) is 5.14. The van der Waals surface area contributed by atoms with Gasteiger partial charge in [-0.1, -0.05) is 12.1 Å². The number of halogens is 1. The Morgan fingerprint density at radius 1 is 1.22 bits per heavy atom. The zero-order chi connectivity index (χ0) is 22.7. The highest BCUT2D eigenvalue weighted by Gasteiger charge is 2.34. The molecule has 1 N–H and O–H groups in total. The summed E-state index contributed by atoms with van der Waals surface area (Å²) >= 11 is 2.21. The number of carbonyl (C=O) groups excluding carboxylic acids is 3. The van der Waals surface area contributed by atoms with Gasteiger partial charge in [-0.05, 0) is 54.6 Å². The topological polar surface area (TPSA) is 92.5 Å². The molecule has 4 rings (SSSR count). The molecule has 3 aromatic rings. The van der Waals surface area contributed by atoms with Crippen molar-refractivity contribution in [2.24, 2.45) is 0 Å². The van der Waals surface area contributed by atoms with Crippen molar-refractivity contribution in [3.05, 3.63) is 69.5 Å². The number of rotatable bonds is 7. The Labute approximate surface area is 191 Å². The van der Waals surface area contributed by atoms with Gasteiger partial charge in [0.05, 0.1) is 17.0 Å². The van der Waals surface area contributed by atoms with Gasteiger partial charge < -0.3 is 9.73 Å². The van der Waals surface area contributed by atoms with Crippen molar-refractivity contribution in [3.8, 4) is 10.8 Å². The summed E-state index contributed by atoms with van der Waals surface area (Å²) in [6.07, 6.45) is 1.63. The lowest BCUT2D eigenvalue weighted by Crippen LogP contribution is -2.37. The van der Waals surface area contributed by atoms with E-state index in [1.165, 1.54) is 35.6 Å². The number of aromatic nitrogens is 1. The number of benzene rings is 1. The van der Waals surface area contributed by atoms with E-state index in [-0.39, 0.29) is 36.1 Å². The van der Waals surface area contributed by atoms with Gasteiger partial charge in [-0.2, -0.15) is 0 Å². The number of nitrogens with zero attached hydrogens (tertiary/aromatic N) is 2. The fraction of sp³-hybridized carbons (Fsp3) is 0.182. The third-order valence-electron chi connectivity index (χ3n) is 4.54. The predicted molar refractivity (Wildman–Crippen MR) is 120 cm³/mol. The summed E-state index contributed by atoms with van der Waals surface area (Å²) in [6, 6.07) is 9.31.